The highest BCUT2D eigenvalue weighted by Gasteiger charge is 2.11. The van der Waals surface area contributed by atoms with Crippen molar-refractivity contribution in [2.45, 2.75) is 33.6 Å². The Morgan fingerprint density at radius 3 is 2.42 bits per heavy atom. The van der Waals surface area contributed by atoms with E-state index in [-0.39, 0.29) is 0 Å². The van der Waals surface area contributed by atoms with E-state index >= 15 is 0 Å². The van der Waals surface area contributed by atoms with Crippen molar-refractivity contribution in [2.24, 2.45) is 0 Å². The zero-order valence-electron chi connectivity index (χ0n) is 12.0. The summed E-state index contributed by atoms with van der Waals surface area (Å²) in [5, 5.41) is 3.33. The number of hydrogen-bond donors (Lipinski definition) is 0. The van der Waals surface area contributed by atoms with Gasteiger partial charge in [-0.1, -0.05) is 38.1 Å². The Hall–Kier alpha value is -1.35. The van der Waals surface area contributed by atoms with E-state index in [0.717, 1.165) is 23.9 Å². The molecule has 0 saturated heterocycles. The summed E-state index contributed by atoms with van der Waals surface area (Å²) in [5.41, 5.74) is 3.64. The van der Waals surface area contributed by atoms with Gasteiger partial charge >= 0.3 is 0 Å². The molecule has 0 saturated carbocycles. The van der Waals surface area contributed by atoms with Crippen LogP contribution in [-0.4, -0.2) is 18.1 Å². The second-order valence-electron chi connectivity index (χ2n) is 4.82. The summed E-state index contributed by atoms with van der Waals surface area (Å²) < 4.78 is 0. The van der Waals surface area contributed by atoms with E-state index in [9.17, 15) is 0 Å². The van der Waals surface area contributed by atoms with Crippen molar-refractivity contribution in [3.63, 3.8) is 0 Å². The Morgan fingerprint density at radius 2 is 1.79 bits per heavy atom. The van der Waals surface area contributed by atoms with Crippen LogP contribution in [-0.2, 0) is 0 Å². The van der Waals surface area contributed by atoms with E-state index in [2.05, 4.69) is 55.3 Å². The normalized spacial score (nSPS) is 10.7. The van der Waals surface area contributed by atoms with Gasteiger partial charge in [0.25, 0.3) is 0 Å². The average molecular weight is 274 g/mol. The van der Waals surface area contributed by atoms with Crippen LogP contribution in [0.4, 0.5) is 5.13 Å². The van der Waals surface area contributed by atoms with E-state index in [1.54, 1.807) is 11.3 Å². The van der Waals surface area contributed by atoms with Crippen molar-refractivity contribution in [1.82, 2.24) is 4.98 Å². The number of aryl methyl sites for hydroxylation is 1. The van der Waals surface area contributed by atoms with Crippen molar-refractivity contribution < 1.29 is 0 Å². The second kappa shape index (κ2) is 6.71. The van der Waals surface area contributed by atoms with E-state index in [4.69, 9.17) is 4.98 Å². The molecular weight excluding hydrogens is 252 g/mol. The van der Waals surface area contributed by atoms with Gasteiger partial charge in [0.05, 0.1) is 5.69 Å². The van der Waals surface area contributed by atoms with Crippen LogP contribution in [0.5, 0.6) is 0 Å². The highest BCUT2D eigenvalue weighted by Crippen LogP contribution is 2.29. The third kappa shape index (κ3) is 3.35. The summed E-state index contributed by atoms with van der Waals surface area (Å²) in [6.45, 7) is 8.77. The van der Waals surface area contributed by atoms with Crippen LogP contribution in [0.25, 0.3) is 11.3 Å². The maximum absolute atomic E-state index is 4.82. The van der Waals surface area contributed by atoms with Crippen LogP contribution in [0.3, 0.4) is 0 Å². The first kappa shape index (κ1) is 14.1. The largest absolute Gasteiger partial charge is 0.348 e. The van der Waals surface area contributed by atoms with Crippen molar-refractivity contribution in [3.05, 3.63) is 35.2 Å². The fraction of sp³-hybridized carbons (Fsp3) is 0.438. The number of anilines is 1. The lowest BCUT2D eigenvalue weighted by molar-refractivity contribution is 0.742. The maximum Gasteiger partial charge on any atom is 0.185 e. The van der Waals surface area contributed by atoms with Gasteiger partial charge in [-0.25, -0.2) is 4.98 Å². The summed E-state index contributed by atoms with van der Waals surface area (Å²) in [4.78, 5) is 7.22. The molecule has 1 aromatic heterocycles. The second-order valence-corrected chi connectivity index (χ2v) is 5.65. The molecular formula is C16H22N2S. The molecule has 2 nitrogen and oxygen atoms in total. The van der Waals surface area contributed by atoms with Crippen LogP contribution in [0.15, 0.2) is 29.6 Å². The summed E-state index contributed by atoms with van der Waals surface area (Å²) in [6, 6.07) is 8.45. The molecule has 1 aromatic carbocycles. The highest BCUT2D eigenvalue weighted by molar-refractivity contribution is 7.14. The van der Waals surface area contributed by atoms with E-state index in [0.29, 0.717) is 0 Å². The first-order valence-electron chi connectivity index (χ1n) is 7.02. The van der Waals surface area contributed by atoms with Crippen LogP contribution >= 0.6 is 11.3 Å². The monoisotopic (exact) mass is 274 g/mol. The van der Waals surface area contributed by atoms with E-state index in [1.807, 2.05) is 0 Å². The Balaban J connectivity index is 2.25. The fourth-order valence-electron chi connectivity index (χ4n) is 2.24. The lowest BCUT2D eigenvalue weighted by Crippen LogP contribution is -2.24. The molecule has 0 radical (unpaired) electrons. The lowest BCUT2D eigenvalue weighted by Gasteiger charge is -2.20. The molecule has 0 aliphatic rings. The van der Waals surface area contributed by atoms with Crippen molar-refractivity contribution in [3.8, 4) is 11.3 Å². The van der Waals surface area contributed by atoms with Crippen molar-refractivity contribution in [2.75, 3.05) is 18.0 Å². The minimum Gasteiger partial charge on any atom is -0.348 e. The Labute approximate surface area is 120 Å². The first-order chi connectivity index (χ1) is 9.26. The standard InChI is InChI=1S/C16H22N2S/c1-4-10-18(11-5-2)16-17-15(12-19-16)14-9-7-6-8-13(14)3/h6-9,12H,4-5,10-11H2,1-3H3. The number of benzene rings is 1. The molecule has 2 aromatic rings. The maximum atomic E-state index is 4.82. The van der Waals surface area contributed by atoms with Gasteiger partial charge in [-0.2, -0.15) is 0 Å². The minimum atomic E-state index is 1.09. The van der Waals surface area contributed by atoms with Gasteiger partial charge in [-0.3, -0.25) is 0 Å². The van der Waals surface area contributed by atoms with Crippen LogP contribution in [0.1, 0.15) is 32.3 Å². The Morgan fingerprint density at radius 1 is 1.11 bits per heavy atom. The molecule has 102 valence electrons. The van der Waals surface area contributed by atoms with Crippen LogP contribution in [0, 0.1) is 6.92 Å². The highest BCUT2D eigenvalue weighted by atomic mass is 32.1. The quantitative estimate of drug-likeness (QED) is 0.756. The molecule has 0 fully saturated rings. The molecule has 0 N–H and O–H groups in total. The number of hydrogen-bond acceptors (Lipinski definition) is 3. The number of aromatic nitrogens is 1. The van der Waals surface area contributed by atoms with Crippen LogP contribution < -0.4 is 4.90 Å². The van der Waals surface area contributed by atoms with Crippen molar-refractivity contribution >= 4 is 16.5 Å². The molecule has 19 heavy (non-hydrogen) atoms. The molecule has 1 heterocycles. The van der Waals surface area contributed by atoms with Gasteiger partial charge < -0.3 is 4.90 Å². The molecule has 0 amide bonds. The molecule has 0 spiro atoms. The van der Waals surface area contributed by atoms with Gasteiger partial charge in [0, 0.05) is 24.0 Å². The summed E-state index contributed by atoms with van der Waals surface area (Å²) in [5.74, 6) is 0. The Bertz CT molecular complexity index is 513. The number of nitrogens with zero attached hydrogens (tertiary/aromatic N) is 2. The first-order valence-corrected chi connectivity index (χ1v) is 7.90. The predicted molar refractivity (Wildman–Crippen MR) is 85.1 cm³/mol. The SMILES string of the molecule is CCCN(CCC)c1nc(-c2ccccc2C)cs1. The third-order valence-corrected chi connectivity index (χ3v) is 4.07. The van der Waals surface area contributed by atoms with Gasteiger partial charge in [-0.15, -0.1) is 11.3 Å². The average Bonchev–Trinajstić information content (AvgIpc) is 2.88. The molecule has 0 unspecified atom stereocenters. The predicted octanol–water partition coefficient (Wildman–Crippen LogP) is 4.74. The molecule has 0 aliphatic heterocycles. The van der Waals surface area contributed by atoms with Gasteiger partial charge in [0.2, 0.25) is 0 Å². The van der Waals surface area contributed by atoms with Crippen molar-refractivity contribution in [1.29, 1.82) is 0 Å². The summed E-state index contributed by atoms with van der Waals surface area (Å²) in [6.07, 6.45) is 2.33. The Kier molecular flexibility index (Phi) is 4.97. The number of rotatable bonds is 6. The summed E-state index contributed by atoms with van der Waals surface area (Å²) >= 11 is 1.76. The van der Waals surface area contributed by atoms with Crippen LogP contribution in [0.2, 0.25) is 0 Å². The molecule has 2 rings (SSSR count). The van der Waals surface area contributed by atoms with Gasteiger partial charge in [0.15, 0.2) is 5.13 Å². The minimum absolute atomic E-state index is 1.09. The summed E-state index contributed by atoms with van der Waals surface area (Å²) in [7, 11) is 0. The fourth-order valence-corrected chi connectivity index (χ4v) is 3.12. The molecule has 3 heteroatoms. The number of thiazole rings is 1. The zero-order chi connectivity index (χ0) is 13.7. The molecule has 0 aliphatic carbocycles. The lowest BCUT2D eigenvalue weighted by atomic mass is 10.1. The molecule has 0 atom stereocenters. The van der Waals surface area contributed by atoms with E-state index < -0.39 is 0 Å². The molecule has 0 bridgehead atoms. The topological polar surface area (TPSA) is 16.1 Å². The zero-order valence-corrected chi connectivity index (χ0v) is 12.8. The van der Waals surface area contributed by atoms with Gasteiger partial charge in [-0.05, 0) is 25.3 Å². The smallest absolute Gasteiger partial charge is 0.185 e. The third-order valence-electron chi connectivity index (χ3n) is 3.17. The van der Waals surface area contributed by atoms with E-state index in [1.165, 1.54) is 24.0 Å². The van der Waals surface area contributed by atoms with Gasteiger partial charge in [0.1, 0.15) is 0 Å².